The molecule has 0 fully saturated rings. The Morgan fingerprint density at radius 3 is 2.39 bits per heavy atom. The summed E-state index contributed by atoms with van der Waals surface area (Å²) in [6, 6.07) is 13.4. The predicted octanol–water partition coefficient (Wildman–Crippen LogP) is 4.76. The Hall–Kier alpha value is -0.780. The van der Waals surface area contributed by atoms with Crippen LogP contribution in [-0.2, 0) is 0 Å². The average Bonchev–Trinajstić information content (AvgIpc) is 2.34. The summed E-state index contributed by atoms with van der Waals surface area (Å²) in [7, 11) is 0. The molecule has 1 unspecified atom stereocenters. The lowest BCUT2D eigenvalue weighted by Gasteiger charge is -2.11. The second kappa shape index (κ2) is 5.91. The lowest BCUT2D eigenvalue weighted by Crippen LogP contribution is -2.04. The highest BCUT2D eigenvalue weighted by atomic mass is 127. The van der Waals surface area contributed by atoms with Gasteiger partial charge in [0.05, 0.1) is 5.02 Å². The second-order valence-corrected chi connectivity index (χ2v) is 5.69. The first-order valence-corrected chi connectivity index (χ1v) is 7.00. The van der Waals surface area contributed by atoms with Crippen molar-refractivity contribution >= 4 is 34.2 Å². The molecule has 0 radical (unpaired) electrons. The molecule has 1 atom stereocenters. The number of benzene rings is 2. The van der Waals surface area contributed by atoms with Crippen LogP contribution in [0.3, 0.4) is 0 Å². The summed E-state index contributed by atoms with van der Waals surface area (Å²) in [6.45, 7) is 1.92. The molecule has 2 rings (SSSR count). The first-order chi connectivity index (χ1) is 8.56. The van der Waals surface area contributed by atoms with Crippen LogP contribution in [0.15, 0.2) is 42.5 Å². The molecule has 2 nitrogen and oxygen atoms in total. The van der Waals surface area contributed by atoms with Crippen molar-refractivity contribution in [3.05, 3.63) is 56.6 Å². The Bertz CT molecular complexity index is 540. The molecule has 0 heterocycles. The third-order valence-corrected chi connectivity index (χ3v) is 3.54. The van der Waals surface area contributed by atoms with E-state index in [1.807, 2.05) is 49.4 Å². The van der Waals surface area contributed by atoms with Gasteiger partial charge in [0.25, 0.3) is 0 Å². The summed E-state index contributed by atoms with van der Waals surface area (Å²) in [5.41, 5.74) is 6.80. The zero-order valence-electron chi connectivity index (χ0n) is 9.86. The zero-order valence-corrected chi connectivity index (χ0v) is 12.8. The normalized spacial score (nSPS) is 12.2. The Labute approximate surface area is 125 Å². The van der Waals surface area contributed by atoms with Crippen LogP contribution in [-0.4, -0.2) is 0 Å². The maximum atomic E-state index is 6.17. The van der Waals surface area contributed by atoms with Crippen molar-refractivity contribution in [2.24, 2.45) is 5.73 Å². The fourth-order valence-corrected chi connectivity index (χ4v) is 2.10. The minimum Gasteiger partial charge on any atom is -0.456 e. The van der Waals surface area contributed by atoms with Crippen molar-refractivity contribution in [1.82, 2.24) is 0 Å². The zero-order chi connectivity index (χ0) is 13.1. The molecule has 0 saturated carbocycles. The van der Waals surface area contributed by atoms with Crippen LogP contribution in [0.5, 0.6) is 11.5 Å². The number of ether oxygens (including phenoxy) is 1. The summed E-state index contributed by atoms with van der Waals surface area (Å²) in [6.07, 6.45) is 0. The summed E-state index contributed by atoms with van der Waals surface area (Å²) < 4.78 is 6.89. The van der Waals surface area contributed by atoms with E-state index in [4.69, 9.17) is 22.1 Å². The van der Waals surface area contributed by atoms with Crippen LogP contribution in [0, 0.1) is 3.57 Å². The van der Waals surface area contributed by atoms with E-state index in [2.05, 4.69) is 22.6 Å². The van der Waals surface area contributed by atoms with Crippen molar-refractivity contribution in [3.63, 3.8) is 0 Å². The van der Waals surface area contributed by atoms with Crippen molar-refractivity contribution in [2.75, 3.05) is 0 Å². The van der Waals surface area contributed by atoms with Crippen LogP contribution < -0.4 is 10.5 Å². The largest absolute Gasteiger partial charge is 0.456 e. The lowest BCUT2D eigenvalue weighted by molar-refractivity contribution is 0.482. The SMILES string of the molecule is CC(N)c1ccc(Oc2ccc(I)cc2)c(Cl)c1. The summed E-state index contributed by atoms with van der Waals surface area (Å²) >= 11 is 8.42. The van der Waals surface area contributed by atoms with Gasteiger partial charge >= 0.3 is 0 Å². The van der Waals surface area contributed by atoms with Gasteiger partial charge in [-0.25, -0.2) is 0 Å². The number of hydrogen-bond donors (Lipinski definition) is 1. The summed E-state index contributed by atoms with van der Waals surface area (Å²) in [4.78, 5) is 0. The molecule has 0 saturated heterocycles. The number of nitrogens with two attached hydrogens (primary N) is 1. The van der Waals surface area contributed by atoms with E-state index in [-0.39, 0.29) is 6.04 Å². The van der Waals surface area contributed by atoms with Gasteiger partial charge in [-0.3, -0.25) is 0 Å². The Kier molecular flexibility index (Phi) is 4.48. The van der Waals surface area contributed by atoms with Gasteiger partial charge in [-0.15, -0.1) is 0 Å². The highest BCUT2D eigenvalue weighted by Crippen LogP contribution is 2.31. The molecule has 0 amide bonds. The molecule has 4 heteroatoms. The van der Waals surface area contributed by atoms with Gasteiger partial charge in [0, 0.05) is 9.61 Å². The molecule has 18 heavy (non-hydrogen) atoms. The molecule has 0 bridgehead atoms. The predicted molar refractivity (Wildman–Crippen MR) is 83.3 cm³/mol. The molecule has 2 N–H and O–H groups in total. The quantitative estimate of drug-likeness (QED) is 0.788. The monoisotopic (exact) mass is 373 g/mol. The first-order valence-electron chi connectivity index (χ1n) is 5.54. The Balaban J connectivity index is 2.22. The van der Waals surface area contributed by atoms with Gasteiger partial charge in [0.1, 0.15) is 11.5 Å². The van der Waals surface area contributed by atoms with Crippen LogP contribution in [0.4, 0.5) is 0 Å². The Morgan fingerprint density at radius 1 is 1.17 bits per heavy atom. The molecule has 0 aromatic heterocycles. The van der Waals surface area contributed by atoms with Gasteiger partial charge in [0.2, 0.25) is 0 Å². The smallest absolute Gasteiger partial charge is 0.146 e. The second-order valence-electron chi connectivity index (χ2n) is 4.03. The molecular weight excluding hydrogens is 361 g/mol. The maximum absolute atomic E-state index is 6.17. The van der Waals surface area contributed by atoms with Gasteiger partial charge in [0.15, 0.2) is 0 Å². The van der Waals surface area contributed by atoms with Crippen LogP contribution in [0.2, 0.25) is 5.02 Å². The fraction of sp³-hybridized carbons (Fsp3) is 0.143. The van der Waals surface area contributed by atoms with E-state index in [0.717, 1.165) is 11.3 Å². The highest BCUT2D eigenvalue weighted by Gasteiger charge is 2.06. The molecule has 0 aliphatic rings. The van der Waals surface area contributed by atoms with Crippen LogP contribution in [0.25, 0.3) is 0 Å². The van der Waals surface area contributed by atoms with Crippen molar-refractivity contribution in [2.45, 2.75) is 13.0 Å². The van der Waals surface area contributed by atoms with Crippen LogP contribution >= 0.6 is 34.2 Å². The maximum Gasteiger partial charge on any atom is 0.146 e. The minimum absolute atomic E-state index is 0.0325. The number of halogens is 2. The van der Waals surface area contributed by atoms with E-state index in [9.17, 15) is 0 Å². The third-order valence-electron chi connectivity index (χ3n) is 2.52. The fourth-order valence-electron chi connectivity index (χ4n) is 1.51. The molecule has 0 aliphatic carbocycles. The summed E-state index contributed by atoms with van der Waals surface area (Å²) in [5.74, 6) is 1.41. The van der Waals surface area contributed by atoms with Crippen molar-refractivity contribution < 1.29 is 4.74 Å². The Morgan fingerprint density at radius 2 is 1.83 bits per heavy atom. The number of hydrogen-bond acceptors (Lipinski definition) is 2. The van der Waals surface area contributed by atoms with E-state index >= 15 is 0 Å². The first kappa shape index (κ1) is 13.6. The molecular formula is C14H13ClINO. The molecule has 2 aromatic rings. The van der Waals surface area contributed by atoms with Crippen LogP contribution in [0.1, 0.15) is 18.5 Å². The van der Waals surface area contributed by atoms with E-state index < -0.39 is 0 Å². The molecule has 0 aliphatic heterocycles. The standard InChI is InChI=1S/C14H13ClINO/c1-9(17)10-2-7-14(13(15)8-10)18-12-5-3-11(16)4-6-12/h2-9H,17H2,1H3. The third kappa shape index (κ3) is 3.37. The van der Waals surface area contributed by atoms with Gasteiger partial charge in [-0.2, -0.15) is 0 Å². The average molecular weight is 374 g/mol. The topological polar surface area (TPSA) is 35.2 Å². The molecule has 0 spiro atoms. The van der Waals surface area contributed by atoms with E-state index in [1.54, 1.807) is 0 Å². The number of rotatable bonds is 3. The molecule has 2 aromatic carbocycles. The summed E-state index contributed by atoms with van der Waals surface area (Å²) in [5, 5.41) is 0.573. The van der Waals surface area contributed by atoms with Gasteiger partial charge in [-0.1, -0.05) is 17.7 Å². The highest BCUT2D eigenvalue weighted by molar-refractivity contribution is 14.1. The van der Waals surface area contributed by atoms with Crippen molar-refractivity contribution in [1.29, 1.82) is 0 Å². The van der Waals surface area contributed by atoms with E-state index in [1.165, 1.54) is 3.57 Å². The van der Waals surface area contributed by atoms with E-state index in [0.29, 0.717) is 10.8 Å². The minimum atomic E-state index is -0.0325. The van der Waals surface area contributed by atoms with Crippen molar-refractivity contribution in [3.8, 4) is 11.5 Å². The molecule has 94 valence electrons. The lowest BCUT2D eigenvalue weighted by atomic mass is 10.1. The van der Waals surface area contributed by atoms with Gasteiger partial charge in [-0.05, 0) is 71.5 Å². The van der Waals surface area contributed by atoms with Gasteiger partial charge < -0.3 is 10.5 Å².